The second kappa shape index (κ2) is 7.26. The van der Waals surface area contributed by atoms with Gasteiger partial charge in [0.05, 0.1) is 6.61 Å². The Kier molecular flexibility index (Phi) is 5.99. The van der Waals surface area contributed by atoms with Gasteiger partial charge in [-0.15, -0.1) is 0 Å². The van der Waals surface area contributed by atoms with Crippen LogP contribution in [0.4, 0.5) is 0 Å². The standard InChI is InChI=1S/C15H24N2O2/c1-4-5-12-6-8-13(9-7-12)15(2,14(16)18)17-10-11-19-3/h6-9,17H,4-5,10-11H2,1-3H3,(H2,16,18). The van der Waals surface area contributed by atoms with E-state index in [1.165, 1.54) is 5.56 Å². The third-order valence-corrected chi connectivity index (χ3v) is 3.35. The van der Waals surface area contributed by atoms with Gasteiger partial charge in [-0.05, 0) is 24.5 Å². The Hall–Kier alpha value is -1.39. The van der Waals surface area contributed by atoms with Gasteiger partial charge in [0, 0.05) is 13.7 Å². The molecule has 0 radical (unpaired) electrons. The highest BCUT2D eigenvalue weighted by Gasteiger charge is 2.32. The van der Waals surface area contributed by atoms with E-state index in [1.807, 2.05) is 12.1 Å². The summed E-state index contributed by atoms with van der Waals surface area (Å²) in [6.07, 6.45) is 2.16. The van der Waals surface area contributed by atoms with Gasteiger partial charge in [-0.1, -0.05) is 37.6 Å². The first-order valence-corrected chi connectivity index (χ1v) is 6.68. The van der Waals surface area contributed by atoms with Crippen LogP contribution in [0.25, 0.3) is 0 Å². The molecule has 0 aliphatic rings. The van der Waals surface area contributed by atoms with Gasteiger partial charge in [0.25, 0.3) is 0 Å². The van der Waals surface area contributed by atoms with Crippen molar-refractivity contribution >= 4 is 5.91 Å². The van der Waals surface area contributed by atoms with Crippen molar-refractivity contribution in [3.63, 3.8) is 0 Å². The number of nitrogens with two attached hydrogens (primary N) is 1. The van der Waals surface area contributed by atoms with Crippen LogP contribution in [0.15, 0.2) is 24.3 Å². The molecule has 19 heavy (non-hydrogen) atoms. The van der Waals surface area contributed by atoms with Crippen LogP contribution < -0.4 is 11.1 Å². The largest absolute Gasteiger partial charge is 0.383 e. The summed E-state index contributed by atoms with van der Waals surface area (Å²) >= 11 is 0. The summed E-state index contributed by atoms with van der Waals surface area (Å²) in [6, 6.07) is 8.04. The van der Waals surface area contributed by atoms with Crippen molar-refractivity contribution in [2.45, 2.75) is 32.2 Å². The zero-order valence-electron chi connectivity index (χ0n) is 12.0. The van der Waals surface area contributed by atoms with Gasteiger partial charge in [-0.3, -0.25) is 10.1 Å². The fraction of sp³-hybridized carbons (Fsp3) is 0.533. The zero-order chi connectivity index (χ0) is 14.3. The molecule has 0 saturated carbocycles. The van der Waals surface area contributed by atoms with Crippen LogP contribution in [0, 0.1) is 0 Å². The Bertz CT molecular complexity index is 403. The maximum atomic E-state index is 11.7. The maximum Gasteiger partial charge on any atom is 0.242 e. The lowest BCUT2D eigenvalue weighted by atomic mass is 9.90. The minimum atomic E-state index is -0.858. The predicted octanol–water partition coefficient (Wildman–Crippen LogP) is 1.58. The Morgan fingerprint density at radius 2 is 2.00 bits per heavy atom. The molecule has 3 N–H and O–H groups in total. The van der Waals surface area contributed by atoms with Crippen LogP contribution in [-0.2, 0) is 21.5 Å². The van der Waals surface area contributed by atoms with Crippen LogP contribution in [0.1, 0.15) is 31.4 Å². The van der Waals surface area contributed by atoms with E-state index < -0.39 is 5.54 Å². The van der Waals surface area contributed by atoms with Gasteiger partial charge in [-0.2, -0.15) is 0 Å². The number of amides is 1. The van der Waals surface area contributed by atoms with Crippen molar-refractivity contribution < 1.29 is 9.53 Å². The summed E-state index contributed by atoms with van der Waals surface area (Å²) in [5.74, 6) is -0.383. The molecule has 106 valence electrons. The number of hydrogen-bond donors (Lipinski definition) is 2. The molecule has 0 spiro atoms. The van der Waals surface area contributed by atoms with Crippen LogP contribution in [0.2, 0.25) is 0 Å². The molecule has 0 fully saturated rings. The Labute approximate surface area is 115 Å². The first-order valence-electron chi connectivity index (χ1n) is 6.68. The number of ether oxygens (including phenoxy) is 1. The topological polar surface area (TPSA) is 64.3 Å². The molecule has 0 aliphatic carbocycles. The highest BCUT2D eigenvalue weighted by molar-refractivity contribution is 5.85. The molecule has 0 heterocycles. The van der Waals surface area contributed by atoms with Crippen LogP contribution in [-0.4, -0.2) is 26.2 Å². The molecule has 0 bridgehead atoms. The van der Waals surface area contributed by atoms with Crippen molar-refractivity contribution in [2.24, 2.45) is 5.73 Å². The second-order valence-corrected chi connectivity index (χ2v) is 4.86. The molecular weight excluding hydrogens is 240 g/mol. The van der Waals surface area contributed by atoms with Gasteiger partial charge >= 0.3 is 0 Å². The molecule has 4 nitrogen and oxygen atoms in total. The van der Waals surface area contributed by atoms with Crippen molar-refractivity contribution in [2.75, 3.05) is 20.3 Å². The average molecular weight is 264 g/mol. The van der Waals surface area contributed by atoms with E-state index in [1.54, 1.807) is 14.0 Å². The second-order valence-electron chi connectivity index (χ2n) is 4.86. The van der Waals surface area contributed by atoms with Gasteiger partial charge in [-0.25, -0.2) is 0 Å². The number of primary amides is 1. The summed E-state index contributed by atoms with van der Waals surface area (Å²) in [7, 11) is 1.63. The lowest BCUT2D eigenvalue weighted by Crippen LogP contribution is -2.51. The van der Waals surface area contributed by atoms with E-state index in [4.69, 9.17) is 10.5 Å². The Balaban J connectivity index is 2.88. The smallest absolute Gasteiger partial charge is 0.242 e. The van der Waals surface area contributed by atoms with E-state index in [0.29, 0.717) is 13.2 Å². The number of aryl methyl sites for hydroxylation is 1. The van der Waals surface area contributed by atoms with Gasteiger partial charge < -0.3 is 10.5 Å². The number of carbonyl (C=O) groups is 1. The van der Waals surface area contributed by atoms with E-state index in [0.717, 1.165) is 18.4 Å². The Morgan fingerprint density at radius 3 is 2.47 bits per heavy atom. The minimum Gasteiger partial charge on any atom is -0.383 e. The van der Waals surface area contributed by atoms with Crippen molar-refractivity contribution in [1.82, 2.24) is 5.32 Å². The van der Waals surface area contributed by atoms with Crippen LogP contribution >= 0.6 is 0 Å². The summed E-state index contributed by atoms with van der Waals surface area (Å²) < 4.78 is 4.99. The monoisotopic (exact) mass is 264 g/mol. The molecule has 0 aromatic heterocycles. The summed E-state index contributed by atoms with van der Waals surface area (Å²) in [5, 5.41) is 3.16. The van der Waals surface area contributed by atoms with Gasteiger partial charge in [0.15, 0.2) is 0 Å². The molecule has 1 unspecified atom stereocenters. The number of carbonyl (C=O) groups excluding carboxylic acids is 1. The average Bonchev–Trinajstić information content (AvgIpc) is 2.40. The van der Waals surface area contributed by atoms with Crippen molar-refractivity contribution in [3.8, 4) is 0 Å². The number of hydrogen-bond acceptors (Lipinski definition) is 3. The summed E-state index contributed by atoms with van der Waals surface area (Å²) in [6.45, 7) is 5.07. The van der Waals surface area contributed by atoms with Crippen LogP contribution in [0.5, 0.6) is 0 Å². The number of benzene rings is 1. The maximum absolute atomic E-state index is 11.7. The lowest BCUT2D eigenvalue weighted by Gasteiger charge is -2.28. The molecule has 4 heteroatoms. The molecule has 1 aromatic carbocycles. The highest BCUT2D eigenvalue weighted by atomic mass is 16.5. The van der Waals surface area contributed by atoms with E-state index in [2.05, 4.69) is 24.4 Å². The third-order valence-electron chi connectivity index (χ3n) is 3.35. The third kappa shape index (κ3) is 4.04. The molecular formula is C15H24N2O2. The SMILES string of the molecule is CCCc1ccc(C(C)(NCCOC)C(N)=O)cc1. The van der Waals surface area contributed by atoms with Crippen molar-refractivity contribution in [1.29, 1.82) is 0 Å². The minimum absolute atomic E-state index is 0.383. The first-order chi connectivity index (χ1) is 9.04. The zero-order valence-corrected chi connectivity index (χ0v) is 12.0. The lowest BCUT2D eigenvalue weighted by molar-refractivity contribution is -0.124. The number of methoxy groups -OCH3 is 1. The molecule has 1 amide bonds. The van der Waals surface area contributed by atoms with Gasteiger partial charge in [0.1, 0.15) is 5.54 Å². The quantitative estimate of drug-likeness (QED) is 0.701. The summed E-state index contributed by atoms with van der Waals surface area (Å²) in [5.41, 5.74) is 6.84. The fourth-order valence-corrected chi connectivity index (χ4v) is 2.03. The van der Waals surface area contributed by atoms with E-state index in [-0.39, 0.29) is 5.91 Å². The molecule has 0 saturated heterocycles. The normalized spacial score (nSPS) is 14.1. The number of nitrogens with one attached hydrogen (secondary N) is 1. The Morgan fingerprint density at radius 1 is 1.37 bits per heavy atom. The molecule has 0 aliphatic heterocycles. The number of rotatable bonds is 8. The fourth-order valence-electron chi connectivity index (χ4n) is 2.03. The summed E-state index contributed by atoms with van der Waals surface area (Å²) in [4.78, 5) is 11.7. The highest BCUT2D eigenvalue weighted by Crippen LogP contribution is 2.21. The molecule has 1 atom stereocenters. The van der Waals surface area contributed by atoms with E-state index >= 15 is 0 Å². The van der Waals surface area contributed by atoms with Crippen LogP contribution in [0.3, 0.4) is 0 Å². The van der Waals surface area contributed by atoms with Gasteiger partial charge in [0.2, 0.25) is 5.91 Å². The van der Waals surface area contributed by atoms with E-state index in [9.17, 15) is 4.79 Å². The first kappa shape index (κ1) is 15.7. The predicted molar refractivity (Wildman–Crippen MR) is 76.9 cm³/mol. The molecule has 1 rings (SSSR count). The van der Waals surface area contributed by atoms with Crippen molar-refractivity contribution in [3.05, 3.63) is 35.4 Å². The molecule has 1 aromatic rings.